The summed E-state index contributed by atoms with van der Waals surface area (Å²) in [5, 5.41) is 8.38. The zero-order valence-corrected chi connectivity index (χ0v) is 7.25. The Balaban J connectivity index is 2.89. The highest BCUT2D eigenvalue weighted by atomic mass is 19.3. The van der Waals surface area contributed by atoms with Crippen LogP contribution in [0, 0.1) is 5.82 Å². The fourth-order valence-electron chi connectivity index (χ4n) is 1.01. The summed E-state index contributed by atoms with van der Waals surface area (Å²) < 4.78 is 38.2. The van der Waals surface area contributed by atoms with Gasteiger partial charge in [0.15, 0.2) is 0 Å². The smallest absolute Gasteiger partial charge is 0.289 e. The normalized spacial score (nSPS) is 14.1. The Labute approximate surface area is 79.2 Å². The van der Waals surface area contributed by atoms with Crippen molar-refractivity contribution in [2.24, 2.45) is 5.73 Å². The molecule has 0 aliphatic carbocycles. The maximum absolute atomic E-state index is 12.9. The van der Waals surface area contributed by atoms with E-state index in [1.54, 1.807) is 0 Å². The average Bonchev–Trinajstić information content (AvgIpc) is 2.18. The predicted molar refractivity (Wildman–Crippen MR) is 45.4 cm³/mol. The van der Waals surface area contributed by atoms with Crippen LogP contribution in [0.25, 0.3) is 0 Å². The van der Waals surface area contributed by atoms with Crippen LogP contribution in [0.1, 0.15) is 11.6 Å². The molecule has 14 heavy (non-hydrogen) atoms. The number of hydrogen-bond donors (Lipinski definition) is 2. The van der Waals surface area contributed by atoms with Crippen molar-refractivity contribution in [3.63, 3.8) is 0 Å². The molecule has 0 aliphatic heterocycles. The fraction of sp³-hybridized carbons (Fsp3) is 0.333. The summed E-state index contributed by atoms with van der Waals surface area (Å²) in [6.45, 7) is -1.33. The molecule has 3 N–H and O–H groups in total. The molecule has 0 heterocycles. The first kappa shape index (κ1) is 11.0. The van der Waals surface area contributed by atoms with Crippen molar-refractivity contribution in [3.05, 3.63) is 35.6 Å². The molecule has 0 spiro atoms. The van der Waals surface area contributed by atoms with E-state index in [9.17, 15) is 13.2 Å². The summed E-state index contributed by atoms with van der Waals surface area (Å²) >= 11 is 0. The molecule has 0 fully saturated rings. The van der Waals surface area contributed by atoms with Crippen molar-refractivity contribution in [2.75, 3.05) is 6.61 Å². The second-order valence-corrected chi connectivity index (χ2v) is 2.95. The summed E-state index contributed by atoms with van der Waals surface area (Å²) in [6.07, 6.45) is 0. The third kappa shape index (κ3) is 2.24. The minimum Gasteiger partial charge on any atom is -0.390 e. The number of hydrogen-bond acceptors (Lipinski definition) is 2. The van der Waals surface area contributed by atoms with E-state index in [1.165, 1.54) is 12.1 Å². The molecule has 0 saturated carbocycles. The highest BCUT2D eigenvalue weighted by molar-refractivity contribution is 5.21. The first-order valence-electron chi connectivity index (χ1n) is 3.97. The molecule has 0 bridgehead atoms. The third-order valence-electron chi connectivity index (χ3n) is 1.89. The van der Waals surface area contributed by atoms with E-state index < -0.39 is 24.4 Å². The molecule has 5 heteroatoms. The molecule has 78 valence electrons. The number of nitrogens with two attached hydrogens (primary N) is 1. The zero-order chi connectivity index (χ0) is 10.8. The Bertz CT molecular complexity index is 299. The molecule has 0 radical (unpaired) electrons. The van der Waals surface area contributed by atoms with Crippen molar-refractivity contribution in [3.8, 4) is 0 Å². The van der Waals surface area contributed by atoms with Gasteiger partial charge in [0.1, 0.15) is 12.4 Å². The Morgan fingerprint density at radius 2 is 1.79 bits per heavy atom. The highest BCUT2D eigenvalue weighted by Crippen LogP contribution is 2.28. The molecule has 0 aliphatic rings. The van der Waals surface area contributed by atoms with E-state index in [2.05, 4.69) is 0 Å². The lowest BCUT2D eigenvalue weighted by Gasteiger charge is -2.21. The van der Waals surface area contributed by atoms with E-state index in [0.29, 0.717) is 0 Å². The third-order valence-corrected chi connectivity index (χ3v) is 1.89. The lowest BCUT2D eigenvalue weighted by molar-refractivity contribution is -0.0711. The average molecular weight is 205 g/mol. The van der Waals surface area contributed by atoms with Crippen LogP contribution in [0.4, 0.5) is 13.2 Å². The van der Waals surface area contributed by atoms with Gasteiger partial charge in [-0.2, -0.15) is 0 Å². The topological polar surface area (TPSA) is 46.2 Å². The largest absolute Gasteiger partial charge is 0.390 e. The summed E-state index contributed by atoms with van der Waals surface area (Å²) in [5.41, 5.74) is 5.29. The lowest BCUT2D eigenvalue weighted by Crippen LogP contribution is -2.36. The maximum atomic E-state index is 12.9. The molecular formula is C9H10F3NO. The Hall–Kier alpha value is -1.07. The molecule has 0 saturated heterocycles. The maximum Gasteiger partial charge on any atom is 0.289 e. The Morgan fingerprint density at radius 3 is 2.21 bits per heavy atom. The number of rotatable bonds is 3. The van der Waals surface area contributed by atoms with Crippen LogP contribution in [-0.2, 0) is 0 Å². The molecule has 1 atom stereocenters. The highest BCUT2D eigenvalue weighted by Gasteiger charge is 2.37. The quantitative estimate of drug-likeness (QED) is 0.784. The van der Waals surface area contributed by atoms with Crippen LogP contribution in [0.2, 0.25) is 0 Å². The number of benzene rings is 1. The van der Waals surface area contributed by atoms with Crippen LogP contribution in [0.15, 0.2) is 24.3 Å². The van der Waals surface area contributed by atoms with Gasteiger partial charge in [0, 0.05) is 0 Å². The predicted octanol–water partition coefficient (Wildman–Crippen LogP) is 1.45. The minimum atomic E-state index is -3.39. The van der Waals surface area contributed by atoms with Gasteiger partial charge >= 0.3 is 0 Å². The molecule has 1 aromatic carbocycles. The van der Waals surface area contributed by atoms with Crippen molar-refractivity contribution in [1.29, 1.82) is 0 Å². The van der Waals surface area contributed by atoms with Crippen molar-refractivity contribution in [2.45, 2.75) is 12.0 Å². The molecule has 1 aromatic rings. The van der Waals surface area contributed by atoms with Gasteiger partial charge in [-0.05, 0) is 17.7 Å². The van der Waals surface area contributed by atoms with Crippen molar-refractivity contribution in [1.82, 2.24) is 0 Å². The number of aliphatic hydroxyl groups is 1. The molecule has 0 unspecified atom stereocenters. The second kappa shape index (κ2) is 3.98. The van der Waals surface area contributed by atoms with Crippen LogP contribution in [0.5, 0.6) is 0 Å². The summed E-state index contributed by atoms with van der Waals surface area (Å²) in [5.74, 6) is -3.91. The lowest BCUT2D eigenvalue weighted by atomic mass is 10.0. The molecule has 0 amide bonds. The number of aliphatic hydroxyl groups excluding tert-OH is 1. The van der Waals surface area contributed by atoms with Gasteiger partial charge in [-0.3, -0.25) is 0 Å². The first-order valence-corrected chi connectivity index (χ1v) is 3.97. The monoisotopic (exact) mass is 205 g/mol. The molecule has 1 rings (SSSR count). The SMILES string of the molecule is N[C@@H](c1ccc(F)cc1)C(F)(F)CO. The van der Waals surface area contributed by atoms with E-state index >= 15 is 0 Å². The second-order valence-electron chi connectivity index (χ2n) is 2.95. The molecule has 0 aromatic heterocycles. The molecular weight excluding hydrogens is 195 g/mol. The molecule has 2 nitrogen and oxygen atoms in total. The van der Waals surface area contributed by atoms with E-state index in [4.69, 9.17) is 10.8 Å². The van der Waals surface area contributed by atoms with E-state index in [0.717, 1.165) is 12.1 Å². The van der Waals surface area contributed by atoms with Gasteiger partial charge in [0.25, 0.3) is 5.92 Å². The van der Waals surface area contributed by atoms with Gasteiger partial charge in [-0.1, -0.05) is 12.1 Å². The van der Waals surface area contributed by atoms with Crippen molar-refractivity contribution >= 4 is 0 Å². The minimum absolute atomic E-state index is 0.0884. The van der Waals surface area contributed by atoms with E-state index in [1.807, 2.05) is 0 Å². The summed E-state index contributed by atoms with van der Waals surface area (Å²) in [6, 6.07) is 2.81. The van der Waals surface area contributed by atoms with Crippen molar-refractivity contribution < 1.29 is 18.3 Å². The Kier molecular flexibility index (Phi) is 3.13. The standard InChI is InChI=1S/C9H10F3NO/c10-7-3-1-6(2-4-7)8(13)9(11,12)5-14/h1-4,8,14H,5,13H2/t8-/m0/s1. The van der Waals surface area contributed by atoms with Crippen LogP contribution in [0.3, 0.4) is 0 Å². The number of alkyl halides is 2. The first-order chi connectivity index (χ1) is 6.47. The van der Waals surface area contributed by atoms with Gasteiger partial charge in [0.2, 0.25) is 0 Å². The fourth-order valence-corrected chi connectivity index (χ4v) is 1.01. The summed E-state index contributed by atoms with van der Waals surface area (Å²) in [4.78, 5) is 0. The summed E-state index contributed by atoms with van der Waals surface area (Å²) in [7, 11) is 0. The van der Waals surface area contributed by atoms with Crippen LogP contribution >= 0.6 is 0 Å². The van der Waals surface area contributed by atoms with Gasteiger partial charge in [-0.15, -0.1) is 0 Å². The number of halogens is 3. The van der Waals surface area contributed by atoms with E-state index in [-0.39, 0.29) is 5.56 Å². The Morgan fingerprint density at radius 1 is 1.29 bits per heavy atom. The van der Waals surface area contributed by atoms with Gasteiger partial charge in [0.05, 0.1) is 6.04 Å². The van der Waals surface area contributed by atoms with Crippen LogP contribution in [-0.4, -0.2) is 17.6 Å². The van der Waals surface area contributed by atoms with Gasteiger partial charge in [-0.25, -0.2) is 13.2 Å². The van der Waals surface area contributed by atoms with Crippen LogP contribution < -0.4 is 5.73 Å². The van der Waals surface area contributed by atoms with Gasteiger partial charge < -0.3 is 10.8 Å². The zero-order valence-electron chi connectivity index (χ0n) is 7.25.